The molecule has 21 heavy (non-hydrogen) atoms. The lowest BCUT2D eigenvalue weighted by Crippen LogP contribution is -2.51. The molecule has 0 radical (unpaired) electrons. The quantitative estimate of drug-likeness (QED) is 0.826. The van der Waals surface area contributed by atoms with Gasteiger partial charge in [0.1, 0.15) is 10.6 Å². The highest BCUT2D eigenvalue weighted by Crippen LogP contribution is 2.29. The second-order valence-corrected chi connectivity index (χ2v) is 8.19. The van der Waals surface area contributed by atoms with Crippen molar-refractivity contribution in [2.24, 2.45) is 5.73 Å². The third kappa shape index (κ3) is 4.18. The van der Waals surface area contributed by atoms with Crippen molar-refractivity contribution in [3.8, 4) is 5.75 Å². The van der Waals surface area contributed by atoms with Crippen molar-refractivity contribution >= 4 is 26.0 Å². The minimum atomic E-state index is -3.65. The minimum Gasteiger partial charge on any atom is -0.495 e. The van der Waals surface area contributed by atoms with Crippen LogP contribution in [0.2, 0.25) is 0 Å². The van der Waals surface area contributed by atoms with E-state index in [0.717, 1.165) is 25.7 Å². The standard InChI is InChI=1S/C14H21BrN2O3S/c1-20-12-6-5-11(15)9-13(12)21(18,19)17-10-14(16)7-3-2-4-8-14/h5-6,9,17H,2-4,7-8,10,16H2,1H3. The topological polar surface area (TPSA) is 81.4 Å². The van der Waals surface area contributed by atoms with Gasteiger partial charge in [-0.3, -0.25) is 0 Å². The number of rotatable bonds is 5. The number of hydrogen-bond acceptors (Lipinski definition) is 4. The van der Waals surface area contributed by atoms with Gasteiger partial charge in [-0.25, -0.2) is 13.1 Å². The monoisotopic (exact) mass is 376 g/mol. The molecule has 2 rings (SSSR count). The number of benzene rings is 1. The lowest BCUT2D eigenvalue weighted by atomic mass is 9.83. The molecule has 0 heterocycles. The van der Waals surface area contributed by atoms with Crippen molar-refractivity contribution in [3.05, 3.63) is 22.7 Å². The molecule has 0 unspecified atom stereocenters. The fourth-order valence-electron chi connectivity index (χ4n) is 2.61. The molecule has 1 saturated carbocycles. The first-order valence-corrected chi connectivity index (χ1v) is 9.26. The van der Waals surface area contributed by atoms with Crippen LogP contribution in [-0.2, 0) is 10.0 Å². The molecule has 5 nitrogen and oxygen atoms in total. The molecular formula is C14H21BrN2O3S. The van der Waals surface area contributed by atoms with Gasteiger partial charge in [0.05, 0.1) is 7.11 Å². The normalized spacial score (nSPS) is 18.4. The summed E-state index contributed by atoms with van der Waals surface area (Å²) in [5.41, 5.74) is 5.84. The van der Waals surface area contributed by atoms with Crippen LogP contribution in [0, 0.1) is 0 Å². The predicted octanol–water partition coefficient (Wildman–Crippen LogP) is 2.40. The molecule has 7 heteroatoms. The number of hydrogen-bond donors (Lipinski definition) is 2. The Morgan fingerprint density at radius 3 is 2.62 bits per heavy atom. The smallest absolute Gasteiger partial charge is 0.244 e. The molecule has 1 aliphatic carbocycles. The number of nitrogens with two attached hydrogens (primary N) is 1. The van der Waals surface area contributed by atoms with E-state index in [1.54, 1.807) is 12.1 Å². The Morgan fingerprint density at radius 1 is 1.33 bits per heavy atom. The molecule has 0 aliphatic heterocycles. The van der Waals surface area contributed by atoms with Crippen LogP contribution in [0.25, 0.3) is 0 Å². The van der Waals surface area contributed by atoms with Crippen molar-refractivity contribution in [3.63, 3.8) is 0 Å². The molecular weight excluding hydrogens is 356 g/mol. The van der Waals surface area contributed by atoms with Crippen LogP contribution in [-0.4, -0.2) is 27.6 Å². The molecule has 0 spiro atoms. The van der Waals surface area contributed by atoms with Crippen LogP contribution in [0.15, 0.2) is 27.6 Å². The van der Waals surface area contributed by atoms with E-state index >= 15 is 0 Å². The maximum atomic E-state index is 12.5. The van der Waals surface area contributed by atoms with Gasteiger partial charge in [-0.15, -0.1) is 0 Å². The van der Waals surface area contributed by atoms with Crippen molar-refractivity contribution in [2.45, 2.75) is 42.5 Å². The fourth-order valence-corrected chi connectivity index (χ4v) is 4.45. The minimum absolute atomic E-state index is 0.124. The van der Waals surface area contributed by atoms with Crippen molar-refractivity contribution in [1.82, 2.24) is 4.72 Å². The zero-order valence-corrected chi connectivity index (χ0v) is 14.5. The summed E-state index contributed by atoms with van der Waals surface area (Å²) in [6, 6.07) is 4.89. The van der Waals surface area contributed by atoms with Gasteiger partial charge in [-0.1, -0.05) is 35.2 Å². The predicted molar refractivity (Wildman–Crippen MR) is 85.9 cm³/mol. The summed E-state index contributed by atoms with van der Waals surface area (Å²) >= 11 is 3.28. The fraction of sp³-hybridized carbons (Fsp3) is 0.571. The second kappa shape index (κ2) is 6.64. The van der Waals surface area contributed by atoms with Crippen LogP contribution in [0.1, 0.15) is 32.1 Å². The third-order valence-electron chi connectivity index (χ3n) is 3.88. The largest absolute Gasteiger partial charge is 0.495 e. The summed E-state index contributed by atoms with van der Waals surface area (Å²) in [5.74, 6) is 0.320. The molecule has 0 atom stereocenters. The van der Waals surface area contributed by atoms with E-state index in [0.29, 0.717) is 10.2 Å². The maximum absolute atomic E-state index is 12.5. The first-order valence-electron chi connectivity index (χ1n) is 6.98. The third-order valence-corrected chi connectivity index (χ3v) is 5.79. The number of halogens is 1. The van der Waals surface area contributed by atoms with Gasteiger partial charge in [-0.05, 0) is 31.0 Å². The average Bonchev–Trinajstić information content (AvgIpc) is 2.46. The summed E-state index contributed by atoms with van der Waals surface area (Å²) in [7, 11) is -2.20. The summed E-state index contributed by atoms with van der Waals surface area (Å²) in [4.78, 5) is 0.124. The Hall–Kier alpha value is -0.630. The van der Waals surface area contributed by atoms with E-state index in [9.17, 15) is 8.42 Å². The van der Waals surface area contributed by atoms with Gasteiger partial charge >= 0.3 is 0 Å². The van der Waals surface area contributed by atoms with Crippen molar-refractivity contribution in [1.29, 1.82) is 0 Å². The van der Waals surface area contributed by atoms with Crippen LogP contribution >= 0.6 is 15.9 Å². The maximum Gasteiger partial charge on any atom is 0.244 e. The molecule has 0 aromatic heterocycles. The molecule has 3 N–H and O–H groups in total. The lowest BCUT2D eigenvalue weighted by Gasteiger charge is -2.33. The highest BCUT2D eigenvalue weighted by Gasteiger charge is 2.30. The Bertz CT molecular complexity index is 598. The molecule has 118 valence electrons. The highest BCUT2D eigenvalue weighted by molar-refractivity contribution is 9.10. The second-order valence-electron chi connectivity index (χ2n) is 5.54. The number of sulfonamides is 1. The Labute approximate surface area is 134 Å². The summed E-state index contributed by atoms with van der Waals surface area (Å²) in [6.07, 6.45) is 4.98. The number of methoxy groups -OCH3 is 1. The van der Waals surface area contributed by atoms with E-state index in [-0.39, 0.29) is 11.4 Å². The number of ether oxygens (including phenoxy) is 1. The summed E-state index contributed by atoms with van der Waals surface area (Å²) < 4.78 is 33.4. The van der Waals surface area contributed by atoms with Crippen LogP contribution in [0.5, 0.6) is 5.75 Å². The van der Waals surface area contributed by atoms with Gasteiger partial charge in [-0.2, -0.15) is 0 Å². The Balaban J connectivity index is 2.17. The van der Waals surface area contributed by atoms with E-state index < -0.39 is 15.6 Å². The molecule has 1 fully saturated rings. The molecule has 0 amide bonds. The van der Waals surface area contributed by atoms with Crippen LogP contribution in [0.4, 0.5) is 0 Å². The van der Waals surface area contributed by atoms with Gasteiger partial charge in [0.25, 0.3) is 0 Å². The molecule has 1 aliphatic rings. The Morgan fingerprint density at radius 2 is 2.00 bits per heavy atom. The van der Waals surface area contributed by atoms with E-state index in [1.807, 2.05) is 0 Å². The summed E-state index contributed by atoms with van der Waals surface area (Å²) in [6.45, 7) is 0.255. The Kier molecular flexibility index (Phi) is 5.29. The zero-order chi connectivity index (χ0) is 15.5. The van der Waals surface area contributed by atoms with E-state index in [4.69, 9.17) is 10.5 Å². The number of nitrogens with one attached hydrogen (secondary N) is 1. The first-order chi connectivity index (χ1) is 9.86. The average molecular weight is 377 g/mol. The van der Waals surface area contributed by atoms with E-state index in [2.05, 4.69) is 20.7 Å². The lowest BCUT2D eigenvalue weighted by molar-refractivity contribution is 0.296. The molecule has 0 bridgehead atoms. The molecule has 0 saturated heterocycles. The molecule has 1 aromatic rings. The first kappa shape index (κ1) is 16.7. The molecule has 1 aromatic carbocycles. The SMILES string of the molecule is COc1ccc(Br)cc1S(=O)(=O)NCC1(N)CCCCC1. The van der Waals surface area contributed by atoms with Crippen molar-refractivity contribution in [2.75, 3.05) is 13.7 Å². The van der Waals surface area contributed by atoms with Crippen LogP contribution in [0.3, 0.4) is 0 Å². The zero-order valence-electron chi connectivity index (χ0n) is 12.1. The highest BCUT2D eigenvalue weighted by atomic mass is 79.9. The van der Waals surface area contributed by atoms with Crippen molar-refractivity contribution < 1.29 is 13.2 Å². The van der Waals surface area contributed by atoms with E-state index in [1.165, 1.54) is 19.6 Å². The van der Waals surface area contributed by atoms with Gasteiger partial charge in [0.2, 0.25) is 10.0 Å². The van der Waals surface area contributed by atoms with Gasteiger partial charge < -0.3 is 10.5 Å². The van der Waals surface area contributed by atoms with Gasteiger partial charge in [0, 0.05) is 16.6 Å². The van der Waals surface area contributed by atoms with Crippen LogP contribution < -0.4 is 15.2 Å². The summed E-state index contributed by atoms with van der Waals surface area (Å²) in [5, 5.41) is 0. The van der Waals surface area contributed by atoms with Gasteiger partial charge in [0.15, 0.2) is 0 Å².